The van der Waals surface area contributed by atoms with Crippen molar-refractivity contribution in [2.45, 2.75) is 31.9 Å². The van der Waals surface area contributed by atoms with E-state index in [1.54, 1.807) is 12.0 Å². The highest BCUT2D eigenvalue weighted by Gasteiger charge is 2.30. The Labute approximate surface area is 128 Å². The average molecular weight is 315 g/mol. The molecule has 2 rings (SSSR count). The highest BCUT2D eigenvalue weighted by molar-refractivity contribution is 6.30. The number of halogens is 1. The first kappa shape index (κ1) is 15.8. The molecule has 2 atom stereocenters. The Bertz CT molecular complexity index is 520. The fraction of sp³-hybridized carbons (Fsp3) is 0.615. The lowest BCUT2D eigenvalue weighted by molar-refractivity contribution is -0.122. The maximum absolute atomic E-state index is 12.2. The van der Waals surface area contributed by atoms with Gasteiger partial charge in [-0.3, -0.25) is 9.59 Å². The van der Waals surface area contributed by atoms with Crippen LogP contribution in [0.3, 0.4) is 0 Å². The van der Waals surface area contributed by atoms with Crippen molar-refractivity contribution in [3.8, 4) is 0 Å². The summed E-state index contributed by atoms with van der Waals surface area (Å²) < 4.78 is 5.35. The van der Waals surface area contributed by atoms with Gasteiger partial charge >= 0.3 is 0 Å². The van der Waals surface area contributed by atoms with Crippen LogP contribution in [0.4, 0.5) is 0 Å². The maximum Gasteiger partial charge on any atom is 0.287 e. The SMILES string of the molecule is CCc1[nH]c(C(=O)N[C@@H]2CCN(C=O)C[C@@H]2OC)nc1Cl. The van der Waals surface area contributed by atoms with Crippen LogP contribution >= 0.6 is 11.6 Å². The number of nitrogens with one attached hydrogen (secondary N) is 2. The molecule has 0 aliphatic carbocycles. The minimum absolute atomic E-state index is 0.160. The number of H-pyrrole nitrogens is 1. The molecule has 116 valence electrons. The number of aryl methyl sites for hydroxylation is 1. The predicted molar refractivity (Wildman–Crippen MR) is 77.3 cm³/mol. The molecule has 1 saturated heterocycles. The van der Waals surface area contributed by atoms with Crippen molar-refractivity contribution in [3.63, 3.8) is 0 Å². The second-order valence-corrected chi connectivity index (χ2v) is 5.31. The number of likely N-dealkylation sites (tertiary alicyclic amines) is 1. The van der Waals surface area contributed by atoms with Gasteiger partial charge in [-0.2, -0.15) is 0 Å². The first-order chi connectivity index (χ1) is 10.1. The van der Waals surface area contributed by atoms with Gasteiger partial charge in [-0.05, 0) is 12.8 Å². The number of piperidine rings is 1. The van der Waals surface area contributed by atoms with E-state index in [1.165, 1.54) is 0 Å². The second kappa shape index (κ2) is 6.91. The number of carbonyl (C=O) groups excluding carboxylic acids is 2. The summed E-state index contributed by atoms with van der Waals surface area (Å²) in [5, 5.41) is 3.21. The summed E-state index contributed by atoms with van der Waals surface area (Å²) in [6.07, 6.45) is 1.88. The number of rotatable bonds is 5. The molecule has 7 nitrogen and oxygen atoms in total. The van der Waals surface area contributed by atoms with E-state index in [0.717, 1.165) is 12.1 Å². The number of hydrogen-bond donors (Lipinski definition) is 2. The molecule has 0 saturated carbocycles. The molecule has 8 heteroatoms. The van der Waals surface area contributed by atoms with Crippen molar-refractivity contribution in [2.24, 2.45) is 0 Å². The minimum Gasteiger partial charge on any atom is -0.377 e. The Morgan fingerprint density at radius 2 is 2.43 bits per heavy atom. The van der Waals surface area contributed by atoms with E-state index in [9.17, 15) is 9.59 Å². The molecule has 1 aliphatic rings. The van der Waals surface area contributed by atoms with Crippen molar-refractivity contribution in [3.05, 3.63) is 16.7 Å². The molecule has 0 aromatic carbocycles. The van der Waals surface area contributed by atoms with E-state index in [-0.39, 0.29) is 23.9 Å². The Morgan fingerprint density at radius 1 is 1.67 bits per heavy atom. The molecular formula is C13H19ClN4O3. The molecular weight excluding hydrogens is 296 g/mol. The number of hydrogen-bond acceptors (Lipinski definition) is 4. The molecule has 1 aliphatic heterocycles. The van der Waals surface area contributed by atoms with Crippen LogP contribution in [-0.2, 0) is 16.0 Å². The summed E-state index contributed by atoms with van der Waals surface area (Å²) in [4.78, 5) is 31.6. The Morgan fingerprint density at radius 3 is 3.00 bits per heavy atom. The lowest BCUT2D eigenvalue weighted by Crippen LogP contribution is -2.54. The van der Waals surface area contributed by atoms with Crippen molar-refractivity contribution in [2.75, 3.05) is 20.2 Å². The quantitative estimate of drug-likeness (QED) is 0.779. The fourth-order valence-corrected chi connectivity index (χ4v) is 2.67. The molecule has 1 aromatic rings. The summed E-state index contributed by atoms with van der Waals surface area (Å²) in [7, 11) is 1.57. The van der Waals surface area contributed by atoms with Gasteiger partial charge in [0.2, 0.25) is 6.41 Å². The molecule has 1 fully saturated rings. The van der Waals surface area contributed by atoms with Crippen LogP contribution in [-0.4, -0.2) is 59.5 Å². The summed E-state index contributed by atoms with van der Waals surface area (Å²) in [5.41, 5.74) is 0.737. The number of nitrogens with zero attached hydrogens (tertiary/aromatic N) is 2. The first-order valence-corrected chi connectivity index (χ1v) is 7.24. The molecule has 1 aromatic heterocycles. The molecule has 2 amide bonds. The smallest absolute Gasteiger partial charge is 0.287 e. The largest absolute Gasteiger partial charge is 0.377 e. The summed E-state index contributed by atoms with van der Waals surface area (Å²) in [6, 6.07) is -0.160. The van der Waals surface area contributed by atoms with Crippen LogP contribution < -0.4 is 5.32 Å². The van der Waals surface area contributed by atoms with Gasteiger partial charge in [0, 0.05) is 20.2 Å². The first-order valence-electron chi connectivity index (χ1n) is 6.86. The normalized spacial score (nSPS) is 22.1. The highest BCUT2D eigenvalue weighted by Crippen LogP contribution is 2.15. The number of imidazole rings is 1. The van der Waals surface area contributed by atoms with E-state index < -0.39 is 0 Å². The summed E-state index contributed by atoms with van der Waals surface area (Å²) in [5.74, 6) is -0.118. The molecule has 2 heterocycles. The van der Waals surface area contributed by atoms with Crippen molar-refractivity contribution in [1.82, 2.24) is 20.2 Å². The third-order valence-electron chi connectivity index (χ3n) is 3.66. The molecule has 2 N–H and O–H groups in total. The molecule has 0 radical (unpaired) electrons. The Kier molecular flexibility index (Phi) is 5.19. The zero-order chi connectivity index (χ0) is 15.4. The zero-order valence-electron chi connectivity index (χ0n) is 12.1. The monoisotopic (exact) mass is 314 g/mol. The van der Waals surface area contributed by atoms with Gasteiger partial charge in [-0.15, -0.1) is 0 Å². The molecule has 0 spiro atoms. The van der Waals surface area contributed by atoms with Crippen LogP contribution in [0.25, 0.3) is 0 Å². The van der Waals surface area contributed by atoms with E-state index in [1.807, 2.05) is 6.92 Å². The number of methoxy groups -OCH3 is 1. The maximum atomic E-state index is 12.2. The van der Waals surface area contributed by atoms with Crippen LogP contribution in [0.5, 0.6) is 0 Å². The standard InChI is InChI=1S/C13H19ClN4O3/c1-3-8-11(14)17-12(15-8)13(20)16-9-4-5-18(7-19)6-10(9)21-2/h7,9-10H,3-6H2,1-2H3,(H,15,17)(H,16,20)/t9-,10+/m1/s1. The predicted octanol–water partition coefficient (Wildman–Crippen LogP) is 0.601. The average Bonchev–Trinajstić information content (AvgIpc) is 2.88. The molecule has 0 unspecified atom stereocenters. The highest BCUT2D eigenvalue weighted by atomic mass is 35.5. The van der Waals surface area contributed by atoms with E-state index in [4.69, 9.17) is 16.3 Å². The number of aromatic nitrogens is 2. The van der Waals surface area contributed by atoms with Crippen LogP contribution in [0.1, 0.15) is 29.7 Å². The van der Waals surface area contributed by atoms with Crippen molar-refractivity contribution < 1.29 is 14.3 Å². The van der Waals surface area contributed by atoms with Crippen molar-refractivity contribution in [1.29, 1.82) is 0 Å². The fourth-order valence-electron chi connectivity index (χ4n) is 2.41. The zero-order valence-corrected chi connectivity index (χ0v) is 12.8. The van der Waals surface area contributed by atoms with Gasteiger partial charge in [0.1, 0.15) is 0 Å². The minimum atomic E-state index is -0.316. The van der Waals surface area contributed by atoms with Gasteiger partial charge in [-0.25, -0.2) is 4.98 Å². The van der Waals surface area contributed by atoms with Gasteiger partial charge in [0.05, 0.1) is 17.8 Å². The number of amides is 2. The molecule has 0 bridgehead atoms. The van der Waals surface area contributed by atoms with E-state index in [2.05, 4.69) is 15.3 Å². The van der Waals surface area contributed by atoms with E-state index in [0.29, 0.717) is 31.1 Å². The third kappa shape index (κ3) is 3.54. The number of aromatic amines is 1. The van der Waals surface area contributed by atoms with Gasteiger partial charge in [0.25, 0.3) is 5.91 Å². The second-order valence-electron chi connectivity index (χ2n) is 4.95. The molecule has 21 heavy (non-hydrogen) atoms. The Balaban J connectivity index is 2.02. The lowest BCUT2D eigenvalue weighted by Gasteiger charge is -2.36. The summed E-state index contributed by atoms with van der Waals surface area (Å²) >= 11 is 5.93. The third-order valence-corrected chi connectivity index (χ3v) is 3.97. The van der Waals surface area contributed by atoms with Gasteiger partial charge < -0.3 is 19.9 Å². The van der Waals surface area contributed by atoms with Crippen LogP contribution in [0.2, 0.25) is 5.15 Å². The van der Waals surface area contributed by atoms with E-state index >= 15 is 0 Å². The van der Waals surface area contributed by atoms with Crippen LogP contribution in [0.15, 0.2) is 0 Å². The Hall–Kier alpha value is -1.60. The van der Waals surface area contributed by atoms with Crippen molar-refractivity contribution >= 4 is 23.9 Å². The van der Waals surface area contributed by atoms with Crippen LogP contribution in [0, 0.1) is 0 Å². The number of carbonyl (C=O) groups is 2. The summed E-state index contributed by atoms with van der Waals surface area (Å²) in [6.45, 7) is 2.98. The van der Waals surface area contributed by atoms with Gasteiger partial charge in [0.15, 0.2) is 11.0 Å². The topological polar surface area (TPSA) is 87.3 Å². The van der Waals surface area contributed by atoms with Gasteiger partial charge in [-0.1, -0.05) is 18.5 Å². The number of ether oxygens (including phenoxy) is 1. The lowest BCUT2D eigenvalue weighted by atomic mass is 10.0.